The van der Waals surface area contributed by atoms with Crippen LogP contribution in [0.3, 0.4) is 0 Å². The summed E-state index contributed by atoms with van der Waals surface area (Å²) in [6.45, 7) is 16.0. The van der Waals surface area contributed by atoms with Crippen molar-refractivity contribution in [3.05, 3.63) is 92.6 Å². The first-order valence-corrected chi connectivity index (χ1v) is 11.2. The molecule has 0 saturated heterocycles. The minimum absolute atomic E-state index is 0.198. The Hall–Kier alpha value is -3.47. The van der Waals surface area contributed by atoms with Crippen molar-refractivity contribution >= 4 is 27.7 Å². The van der Waals surface area contributed by atoms with Crippen LogP contribution in [0.2, 0.25) is 0 Å². The molecule has 0 unspecified atom stereocenters. The van der Waals surface area contributed by atoms with E-state index in [1.165, 1.54) is 12.1 Å². The molecule has 0 atom stereocenters. The van der Waals surface area contributed by atoms with Gasteiger partial charge >= 0.3 is 11.3 Å². The van der Waals surface area contributed by atoms with Crippen molar-refractivity contribution in [2.45, 2.75) is 55.4 Å². The highest BCUT2D eigenvalue weighted by Gasteiger charge is 2.20. The largest absolute Gasteiger partial charge is 0.422 e. The molecule has 0 fully saturated rings. The van der Waals surface area contributed by atoms with Crippen LogP contribution in [-0.2, 0) is 0 Å². The van der Waals surface area contributed by atoms with E-state index >= 15 is 0 Å². The van der Waals surface area contributed by atoms with Crippen molar-refractivity contribution in [2.75, 3.05) is 0 Å². The average Bonchev–Trinajstić information content (AvgIpc) is 2.87. The third kappa shape index (κ3) is 6.77. The first kappa shape index (κ1) is 28.5. The van der Waals surface area contributed by atoms with Gasteiger partial charge in [0, 0.05) is 10.8 Å². The lowest BCUT2D eigenvalue weighted by Crippen LogP contribution is -2.20. The van der Waals surface area contributed by atoms with Gasteiger partial charge < -0.3 is 8.83 Å². The Morgan fingerprint density at radius 2 is 0.875 bits per heavy atom. The van der Waals surface area contributed by atoms with Crippen LogP contribution in [0.1, 0.15) is 71.3 Å². The molecule has 0 radical (unpaired) electrons. The zero-order valence-electron chi connectivity index (χ0n) is 20.3. The fraction of sp³-hybridized carbons (Fsp3) is 0.296. The lowest BCUT2D eigenvalue weighted by Gasteiger charge is -2.02. The van der Waals surface area contributed by atoms with Gasteiger partial charge in [0.1, 0.15) is 22.3 Å². The second-order valence-electron chi connectivity index (χ2n) is 5.30. The zero-order valence-corrected chi connectivity index (χ0v) is 20.3. The third-order valence-electron chi connectivity index (χ3n) is 3.77. The third-order valence-corrected chi connectivity index (χ3v) is 3.77. The highest BCUT2D eigenvalue weighted by molar-refractivity contribution is 6.10. The molecule has 0 amide bonds. The van der Waals surface area contributed by atoms with Gasteiger partial charge in [-0.1, -0.05) is 91.8 Å². The average molecular weight is 439 g/mol. The summed E-state index contributed by atoms with van der Waals surface area (Å²) in [6, 6.07) is 16.5. The fourth-order valence-corrected chi connectivity index (χ4v) is 2.59. The van der Waals surface area contributed by atoms with E-state index in [4.69, 9.17) is 8.83 Å². The summed E-state index contributed by atoms with van der Waals surface area (Å²) in [5, 5.41) is 1.20. The van der Waals surface area contributed by atoms with Crippen LogP contribution in [0.4, 0.5) is 0 Å². The summed E-state index contributed by atoms with van der Waals surface area (Å²) in [4.78, 5) is 36.9. The Morgan fingerprint density at radius 3 is 1.22 bits per heavy atom. The monoisotopic (exact) mass is 438 g/mol. The Morgan fingerprint density at radius 1 is 0.562 bits per heavy atom. The fourth-order valence-electron chi connectivity index (χ4n) is 2.59. The number of benzene rings is 2. The molecular formula is C27H34O5. The quantitative estimate of drug-likeness (QED) is 0.243. The number of para-hydroxylation sites is 2. The molecule has 0 aliphatic carbocycles. The van der Waals surface area contributed by atoms with E-state index < -0.39 is 17.0 Å². The van der Waals surface area contributed by atoms with Crippen LogP contribution in [0.25, 0.3) is 21.9 Å². The van der Waals surface area contributed by atoms with Gasteiger partial charge in [0.05, 0.1) is 0 Å². The molecule has 2 aromatic carbocycles. The maximum Gasteiger partial charge on any atom is 0.347 e. The first-order chi connectivity index (χ1) is 15.6. The van der Waals surface area contributed by atoms with E-state index in [2.05, 4.69) is 0 Å². The predicted octanol–water partition coefficient (Wildman–Crippen LogP) is 7.24. The molecular weight excluding hydrogens is 404 g/mol. The maximum atomic E-state index is 12.7. The molecule has 0 saturated carbocycles. The second kappa shape index (κ2) is 15.3. The normalized spacial score (nSPS) is 9.00. The molecule has 2 aromatic heterocycles. The smallest absolute Gasteiger partial charge is 0.347 e. The van der Waals surface area contributed by atoms with Crippen molar-refractivity contribution < 1.29 is 13.6 Å². The second-order valence-corrected chi connectivity index (χ2v) is 5.30. The van der Waals surface area contributed by atoms with Gasteiger partial charge in [-0.3, -0.25) is 4.79 Å². The van der Waals surface area contributed by atoms with Crippen molar-refractivity contribution in [2.24, 2.45) is 0 Å². The number of ketones is 1. The topological polar surface area (TPSA) is 77.5 Å². The molecule has 172 valence electrons. The van der Waals surface area contributed by atoms with Crippen LogP contribution >= 0.6 is 0 Å². The molecule has 0 aliphatic heterocycles. The Labute approximate surface area is 189 Å². The van der Waals surface area contributed by atoms with Crippen molar-refractivity contribution in [3.63, 3.8) is 0 Å². The minimum atomic E-state index is -0.786. The summed E-state index contributed by atoms with van der Waals surface area (Å²) in [5.74, 6) is -0.714. The lowest BCUT2D eigenvalue weighted by molar-refractivity contribution is 0.103. The minimum Gasteiger partial charge on any atom is -0.422 e. The van der Waals surface area contributed by atoms with Crippen molar-refractivity contribution in [3.8, 4) is 0 Å². The number of rotatable bonds is 2. The predicted molar refractivity (Wildman–Crippen MR) is 134 cm³/mol. The molecule has 5 nitrogen and oxygen atoms in total. The number of carbonyl (C=O) groups is 1. The molecule has 4 aromatic rings. The Balaban J connectivity index is 0.00000109. The van der Waals surface area contributed by atoms with E-state index in [9.17, 15) is 14.4 Å². The number of hydrogen-bond donors (Lipinski definition) is 0. The SMILES string of the molecule is CC.CC.CC.CC.O=C(c1cc2ccccc2oc1=O)c1cc2ccccc2oc1=O. The number of carbonyl (C=O) groups excluding carboxylic acids is 1. The van der Waals surface area contributed by atoms with Crippen LogP contribution in [0.5, 0.6) is 0 Å². The van der Waals surface area contributed by atoms with Gasteiger partial charge in [0.15, 0.2) is 0 Å². The van der Waals surface area contributed by atoms with Gasteiger partial charge in [-0.05, 0) is 24.3 Å². The summed E-state index contributed by atoms with van der Waals surface area (Å²) in [5.41, 5.74) is -1.21. The van der Waals surface area contributed by atoms with Crippen molar-refractivity contribution in [1.29, 1.82) is 0 Å². The molecule has 0 N–H and O–H groups in total. The zero-order chi connectivity index (χ0) is 24.7. The molecule has 4 rings (SSSR count). The van der Waals surface area contributed by atoms with Gasteiger partial charge in [0.25, 0.3) is 0 Å². The molecule has 2 heterocycles. The summed E-state index contributed by atoms with van der Waals surface area (Å²) in [7, 11) is 0. The van der Waals surface area contributed by atoms with Gasteiger partial charge in [-0.25, -0.2) is 9.59 Å². The van der Waals surface area contributed by atoms with E-state index in [1.54, 1.807) is 48.5 Å². The molecule has 0 spiro atoms. The summed E-state index contributed by atoms with van der Waals surface area (Å²) in [6.07, 6.45) is 0. The van der Waals surface area contributed by atoms with Crippen LogP contribution in [-0.4, -0.2) is 5.78 Å². The Bertz CT molecular complexity index is 1120. The van der Waals surface area contributed by atoms with E-state index in [0.717, 1.165) is 0 Å². The Kier molecular flexibility index (Phi) is 13.7. The van der Waals surface area contributed by atoms with Crippen LogP contribution in [0.15, 0.2) is 79.1 Å². The van der Waals surface area contributed by atoms with E-state index in [1.807, 2.05) is 55.4 Å². The van der Waals surface area contributed by atoms with Gasteiger partial charge in [-0.15, -0.1) is 0 Å². The summed E-state index contributed by atoms with van der Waals surface area (Å²) < 4.78 is 10.3. The number of fused-ring (bicyclic) bond motifs is 2. The number of hydrogen-bond acceptors (Lipinski definition) is 5. The van der Waals surface area contributed by atoms with Crippen molar-refractivity contribution in [1.82, 2.24) is 0 Å². The molecule has 0 aliphatic rings. The highest BCUT2D eigenvalue weighted by Crippen LogP contribution is 2.17. The van der Waals surface area contributed by atoms with E-state index in [-0.39, 0.29) is 11.1 Å². The van der Waals surface area contributed by atoms with Crippen LogP contribution in [0, 0.1) is 0 Å². The molecule has 0 bridgehead atoms. The van der Waals surface area contributed by atoms with Gasteiger partial charge in [0.2, 0.25) is 5.78 Å². The van der Waals surface area contributed by atoms with E-state index in [0.29, 0.717) is 21.9 Å². The lowest BCUT2D eigenvalue weighted by atomic mass is 10.0. The van der Waals surface area contributed by atoms with Crippen LogP contribution < -0.4 is 11.3 Å². The first-order valence-electron chi connectivity index (χ1n) is 11.2. The maximum absolute atomic E-state index is 12.7. The van der Waals surface area contributed by atoms with Gasteiger partial charge in [-0.2, -0.15) is 0 Å². The standard InChI is InChI=1S/C19H10O5.4C2H6/c20-17(13-9-11-5-1-3-7-15(11)23-18(13)21)14-10-12-6-2-4-8-16(12)24-19(14)22;4*1-2/h1-10H;4*1-2H3. The molecule has 5 heteroatoms. The highest BCUT2D eigenvalue weighted by atomic mass is 16.4. The summed E-state index contributed by atoms with van der Waals surface area (Å²) >= 11 is 0. The molecule has 32 heavy (non-hydrogen) atoms.